The molecule has 1 saturated heterocycles. The molecule has 1 radical (unpaired) electrons. The minimum absolute atomic E-state index is 0.0804. The van der Waals surface area contributed by atoms with Gasteiger partial charge in [-0.1, -0.05) is 0 Å². The molecule has 0 bridgehead atoms. The molecule has 4 nitrogen and oxygen atoms in total. The average molecular weight is 133 g/mol. The van der Waals surface area contributed by atoms with E-state index in [2.05, 4.69) is 0 Å². The van der Waals surface area contributed by atoms with Crippen LogP contribution in [0.3, 0.4) is 0 Å². The lowest BCUT2D eigenvalue weighted by Crippen LogP contribution is -2.26. The summed E-state index contributed by atoms with van der Waals surface area (Å²) >= 11 is 0. The van der Waals surface area contributed by atoms with Crippen molar-refractivity contribution < 1.29 is 20.1 Å². The third kappa shape index (κ3) is 1.21. The molecule has 1 rings (SSSR count). The fourth-order valence-corrected chi connectivity index (χ4v) is 0.723. The summed E-state index contributed by atoms with van der Waals surface area (Å²) in [6, 6.07) is 0. The normalized spacial score (nSPS) is 37.7. The molecule has 9 heavy (non-hydrogen) atoms. The van der Waals surface area contributed by atoms with Gasteiger partial charge in [0.05, 0.1) is 13.2 Å². The van der Waals surface area contributed by atoms with Gasteiger partial charge in [0.25, 0.3) is 0 Å². The number of hydrogen-bond acceptors (Lipinski definition) is 4. The first-order chi connectivity index (χ1) is 4.25. The minimum Gasteiger partial charge on any atom is -0.393 e. The second-order valence-electron chi connectivity index (χ2n) is 1.95. The highest BCUT2D eigenvalue weighted by atomic mass is 16.5. The van der Waals surface area contributed by atoms with Crippen LogP contribution in [0.1, 0.15) is 0 Å². The molecular weight excluding hydrogens is 124 g/mol. The van der Waals surface area contributed by atoms with E-state index in [1.807, 2.05) is 0 Å². The van der Waals surface area contributed by atoms with Gasteiger partial charge in [-0.25, -0.2) is 0 Å². The molecule has 0 saturated carbocycles. The zero-order chi connectivity index (χ0) is 6.85. The fourth-order valence-electron chi connectivity index (χ4n) is 0.723. The smallest absolute Gasteiger partial charge is 0.153 e. The fraction of sp³-hybridized carbons (Fsp3) is 0.800. The average Bonchev–Trinajstić information content (AvgIpc) is 2.15. The molecule has 0 amide bonds. The molecule has 1 heterocycles. The first-order valence-electron chi connectivity index (χ1n) is 2.71. The molecule has 1 aliphatic heterocycles. The second-order valence-corrected chi connectivity index (χ2v) is 1.95. The summed E-state index contributed by atoms with van der Waals surface area (Å²) in [5, 5.41) is 26.1. The summed E-state index contributed by atoms with van der Waals surface area (Å²) in [6.07, 6.45) is -1.72. The zero-order valence-corrected chi connectivity index (χ0v) is 4.82. The van der Waals surface area contributed by atoms with Crippen LogP contribution in [0, 0.1) is 6.10 Å². The highest BCUT2D eigenvalue weighted by molar-refractivity contribution is 4.96. The molecule has 3 N–H and O–H groups in total. The van der Waals surface area contributed by atoms with E-state index in [0.717, 1.165) is 0 Å². The quantitative estimate of drug-likeness (QED) is 0.397. The standard InChI is InChI=1S/C5H9O4/c6-1-4-5(8)3(7)2-9-4/h3,5-8H,1-2H2/t3-,5+/m1/s1. The Labute approximate surface area is 52.7 Å². The van der Waals surface area contributed by atoms with Gasteiger partial charge in [0, 0.05) is 0 Å². The van der Waals surface area contributed by atoms with Gasteiger partial charge in [-0.15, -0.1) is 0 Å². The molecule has 53 valence electrons. The number of aliphatic hydroxyl groups excluding tert-OH is 3. The molecule has 0 spiro atoms. The van der Waals surface area contributed by atoms with Crippen LogP contribution >= 0.6 is 0 Å². The third-order valence-electron chi connectivity index (χ3n) is 1.29. The third-order valence-corrected chi connectivity index (χ3v) is 1.29. The van der Waals surface area contributed by atoms with Gasteiger partial charge in [-0.05, 0) is 0 Å². The first kappa shape index (κ1) is 6.95. The van der Waals surface area contributed by atoms with Crippen molar-refractivity contribution in [3.05, 3.63) is 6.10 Å². The SMILES string of the molecule is OC[C]1OC[C@@H](O)[C@@H]1O. The molecule has 0 aromatic heterocycles. The molecule has 0 aromatic rings. The van der Waals surface area contributed by atoms with Gasteiger partial charge in [0.1, 0.15) is 12.2 Å². The van der Waals surface area contributed by atoms with Gasteiger partial charge in [-0.3, -0.25) is 0 Å². The van der Waals surface area contributed by atoms with Crippen molar-refractivity contribution in [3.8, 4) is 0 Å². The first-order valence-corrected chi connectivity index (χ1v) is 2.71. The van der Waals surface area contributed by atoms with E-state index in [1.165, 1.54) is 0 Å². The van der Waals surface area contributed by atoms with Crippen LogP contribution in [0.15, 0.2) is 0 Å². The predicted molar refractivity (Wildman–Crippen MR) is 28.3 cm³/mol. The monoisotopic (exact) mass is 133 g/mol. The van der Waals surface area contributed by atoms with Crippen molar-refractivity contribution in [3.63, 3.8) is 0 Å². The molecule has 0 unspecified atom stereocenters. The van der Waals surface area contributed by atoms with E-state index in [-0.39, 0.29) is 19.3 Å². The van der Waals surface area contributed by atoms with Crippen molar-refractivity contribution in [1.82, 2.24) is 0 Å². The topological polar surface area (TPSA) is 69.9 Å². The molecule has 0 aliphatic carbocycles. The molecule has 1 fully saturated rings. The Balaban J connectivity index is 2.41. The Bertz CT molecular complexity index is 95.0. The number of ether oxygens (including phenoxy) is 1. The number of rotatable bonds is 1. The van der Waals surface area contributed by atoms with E-state index in [0.29, 0.717) is 0 Å². The summed E-state index contributed by atoms with van der Waals surface area (Å²) in [5.74, 6) is 0. The second kappa shape index (κ2) is 2.62. The summed E-state index contributed by atoms with van der Waals surface area (Å²) in [6.45, 7) is -0.241. The minimum atomic E-state index is -1.00. The molecule has 1 aliphatic rings. The lowest BCUT2D eigenvalue weighted by molar-refractivity contribution is 0.0492. The van der Waals surface area contributed by atoms with Crippen molar-refractivity contribution in [2.24, 2.45) is 0 Å². The summed E-state index contributed by atoms with van der Waals surface area (Å²) in [7, 11) is 0. The largest absolute Gasteiger partial charge is 0.393 e. The Kier molecular flexibility index (Phi) is 2.02. The van der Waals surface area contributed by atoms with Gasteiger partial charge in [-0.2, -0.15) is 0 Å². The van der Waals surface area contributed by atoms with Crippen LogP contribution in [-0.4, -0.2) is 40.7 Å². The van der Waals surface area contributed by atoms with Gasteiger partial charge < -0.3 is 20.1 Å². The van der Waals surface area contributed by atoms with Crippen molar-refractivity contribution in [1.29, 1.82) is 0 Å². The van der Waals surface area contributed by atoms with E-state index in [1.54, 1.807) is 0 Å². The summed E-state index contributed by atoms with van der Waals surface area (Å²) < 4.78 is 4.69. The molecule has 0 aromatic carbocycles. The van der Waals surface area contributed by atoms with Crippen molar-refractivity contribution >= 4 is 0 Å². The number of hydrogen-bond donors (Lipinski definition) is 3. The highest BCUT2D eigenvalue weighted by Gasteiger charge is 2.34. The Morgan fingerprint density at radius 1 is 1.56 bits per heavy atom. The maximum Gasteiger partial charge on any atom is 0.153 e. The van der Waals surface area contributed by atoms with Crippen LogP contribution in [0.25, 0.3) is 0 Å². The van der Waals surface area contributed by atoms with Crippen LogP contribution < -0.4 is 0 Å². The summed E-state index contributed by atoms with van der Waals surface area (Å²) in [5.41, 5.74) is 0. The van der Waals surface area contributed by atoms with Crippen LogP contribution in [0.5, 0.6) is 0 Å². The Morgan fingerprint density at radius 3 is 2.44 bits per heavy atom. The van der Waals surface area contributed by atoms with E-state index < -0.39 is 12.2 Å². The highest BCUT2D eigenvalue weighted by Crippen LogP contribution is 2.19. The lowest BCUT2D eigenvalue weighted by Gasteiger charge is -2.08. The van der Waals surface area contributed by atoms with E-state index in [9.17, 15) is 0 Å². The molecule has 4 heteroatoms. The van der Waals surface area contributed by atoms with Gasteiger partial charge >= 0.3 is 0 Å². The zero-order valence-electron chi connectivity index (χ0n) is 4.82. The van der Waals surface area contributed by atoms with Crippen LogP contribution in [0.4, 0.5) is 0 Å². The van der Waals surface area contributed by atoms with Gasteiger partial charge in [0.2, 0.25) is 0 Å². The van der Waals surface area contributed by atoms with Crippen LogP contribution in [0.2, 0.25) is 0 Å². The Hall–Kier alpha value is -0.160. The van der Waals surface area contributed by atoms with E-state index in [4.69, 9.17) is 20.1 Å². The predicted octanol–water partition coefficient (Wildman–Crippen LogP) is -1.74. The molecule has 2 atom stereocenters. The lowest BCUT2D eigenvalue weighted by atomic mass is 10.2. The number of aliphatic hydroxyl groups is 3. The maximum atomic E-state index is 8.89. The Morgan fingerprint density at radius 2 is 2.22 bits per heavy atom. The maximum absolute atomic E-state index is 8.89. The molecular formula is C5H9O4. The van der Waals surface area contributed by atoms with Crippen LogP contribution in [-0.2, 0) is 4.74 Å². The van der Waals surface area contributed by atoms with Crippen molar-refractivity contribution in [2.75, 3.05) is 13.2 Å². The van der Waals surface area contributed by atoms with Gasteiger partial charge in [0.15, 0.2) is 6.10 Å². The van der Waals surface area contributed by atoms with E-state index >= 15 is 0 Å². The summed E-state index contributed by atoms with van der Waals surface area (Å²) in [4.78, 5) is 0. The van der Waals surface area contributed by atoms with Crippen molar-refractivity contribution in [2.45, 2.75) is 12.2 Å².